The third-order valence-electron chi connectivity index (χ3n) is 5.29. The number of ether oxygens (including phenoxy) is 1. The van der Waals surface area contributed by atoms with E-state index in [0.29, 0.717) is 23.8 Å². The van der Waals surface area contributed by atoms with E-state index >= 15 is 0 Å². The topological polar surface area (TPSA) is 91.3 Å². The summed E-state index contributed by atoms with van der Waals surface area (Å²) in [6, 6.07) is 12.7. The summed E-state index contributed by atoms with van der Waals surface area (Å²) < 4.78 is 5.21. The number of nitrogens with one attached hydrogen (secondary N) is 1. The summed E-state index contributed by atoms with van der Waals surface area (Å²) in [5.74, 6) is 1.31. The number of rotatable bonds is 5. The predicted octanol–water partition coefficient (Wildman–Crippen LogP) is 2.93. The quantitative estimate of drug-likeness (QED) is 0.694. The van der Waals surface area contributed by atoms with Crippen molar-refractivity contribution in [1.82, 2.24) is 19.9 Å². The van der Waals surface area contributed by atoms with E-state index in [1.54, 1.807) is 25.4 Å². The van der Waals surface area contributed by atoms with Crippen LogP contribution in [0.3, 0.4) is 0 Å². The van der Waals surface area contributed by atoms with Gasteiger partial charge in [0.05, 0.1) is 12.8 Å². The first-order chi connectivity index (χ1) is 14.1. The zero-order chi connectivity index (χ0) is 20.2. The Morgan fingerprint density at radius 3 is 2.97 bits per heavy atom. The molecule has 0 radical (unpaired) electrons. The number of hydrogen-bond acceptors (Lipinski definition) is 6. The number of hydrogen-bond donors (Lipinski definition) is 2. The Hall–Kier alpha value is -3.19. The second-order valence-corrected chi connectivity index (χ2v) is 7.28. The smallest absolute Gasteiger partial charge is 0.251 e. The zero-order valence-corrected chi connectivity index (χ0v) is 16.3. The molecule has 3 aromatic rings. The molecule has 1 aliphatic rings. The molecule has 7 heteroatoms. The molecule has 0 aliphatic carbocycles. The molecule has 1 aliphatic heterocycles. The van der Waals surface area contributed by atoms with Crippen molar-refractivity contribution in [2.75, 3.05) is 20.2 Å². The maximum absolute atomic E-state index is 12.2. The first kappa shape index (κ1) is 19.1. The van der Waals surface area contributed by atoms with Gasteiger partial charge in [-0.25, -0.2) is 4.98 Å². The van der Waals surface area contributed by atoms with Crippen molar-refractivity contribution in [3.05, 3.63) is 70.3 Å². The lowest BCUT2D eigenvalue weighted by Gasteiger charge is -2.32. The number of phenols is 1. The van der Waals surface area contributed by atoms with E-state index in [9.17, 15) is 9.90 Å². The van der Waals surface area contributed by atoms with Crippen molar-refractivity contribution in [2.45, 2.75) is 25.3 Å². The van der Waals surface area contributed by atoms with Crippen molar-refractivity contribution < 1.29 is 9.84 Å². The second kappa shape index (κ2) is 8.45. The molecule has 0 spiro atoms. The van der Waals surface area contributed by atoms with E-state index in [1.807, 2.05) is 30.3 Å². The van der Waals surface area contributed by atoms with Crippen molar-refractivity contribution in [3.63, 3.8) is 0 Å². The van der Waals surface area contributed by atoms with Gasteiger partial charge in [-0.3, -0.25) is 14.7 Å². The normalized spacial score (nSPS) is 17.2. The summed E-state index contributed by atoms with van der Waals surface area (Å²) in [6.45, 7) is 2.33. The van der Waals surface area contributed by atoms with Crippen LogP contribution >= 0.6 is 0 Å². The third-order valence-corrected chi connectivity index (χ3v) is 5.29. The van der Waals surface area contributed by atoms with Gasteiger partial charge in [-0.05, 0) is 37.6 Å². The SMILES string of the molecule is COc1cccc(CN2CCCC(c3cc(=O)[nH]c(-c4ccccn4)n3)C2)c1O. The molecule has 0 saturated carbocycles. The number of aromatic hydroxyl groups is 1. The van der Waals surface area contributed by atoms with Crippen LogP contribution in [-0.2, 0) is 6.54 Å². The monoisotopic (exact) mass is 392 g/mol. The van der Waals surface area contributed by atoms with Gasteiger partial charge in [-0.1, -0.05) is 18.2 Å². The molecular weight excluding hydrogens is 368 g/mol. The number of likely N-dealkylation sites (tertiary alicyclic amines) is 1. The molecule has 1 atom stereocenters. The first-order valence-electron chi connectivity index (χ1n) is 9.74. The van der Waals surface area contributed by atoms with Gasteiger partial charge in [0.15, 0.2) is 17.3 Å². The van der Waals surface area contributed by atoms with Gasteiger partial charge in [0.25, 0.3) is 5.56 Å². The molecule has 0 amide bonds. The van der Waals surface area contributed by atoms with E-state index < -0.39 is 0 Å². The molecule has 1 fully saturated rings. The molecule has 29 heavy (non-hydrogen) atoms. The molecule has 2 N–H and O–H groups in total. The highest BCUT2D eigenvalue weighted by Gasteiger charge is 2.24. The number of phenolic OH excluding ortho intramolecular Hbond substituents is 1. The van der Waals surface area contributed by atoms with E-state index in [-0.39, 0.29) is 17.2 Å². The van der Waals surface area contributed by atoms with Gasteiger partial charge >= 0.3 is 0 Å². The number of nitrogens with zero attached hydrogens (tertiary/aromatic N) is 3. The van der Waals surface area contributed by atoms with Crippen LogP contribution in [0, 0.1) is 0 Å². The first-order valence-corrected chi connectivity index (χ1v) is 9.74. The van der Waals surface area contributed by atoms with E-state index in [2.05, 4.69) is 14.9 Å². The number of methoxy groups -OCH3 is 1. The van der Waals surface area contributed by atoms with Crippen LogP contribution in [0.2, 0.25) is 0 Å². The van der Waals surface area contributed by atoms with Crippen molar-refractivity contribution in [1.29, 1.82) is 0 Å². The summed E-state index contributed by atoms with van der Waals surface area (Å²) in [5.41, 5.74) is 2.10. The van der Waals surface area contributed by atoms with E-state index in [0.717, 1.165) is 37.2 Å². The zero-order valence-electron chi connectivity index (χ0n) is 16.3. The average molecular weight is 392 g/mol. The van der Waals surface area contributed by atoms with Gasteiger partial charge in [0, 0.05) is 36.8 Å². The molecule has 1 unspecified atom stereocenters. The second-order valence-electron chi connectivity index (χ2n) is 7.28. The Kier molecular flexibility index (Phi) is 5.57. The Bertz CT molecular complexity index is 1040. The summed E-state index contributed by atoms with van der Waals surface area (Å²) in [6.07, 6.45) is 3.66. The minimum absolute atomic E-state index is 0.154. The predicted molar refractivity (Wildman–Crippen MR) is 110 cm³/mol. The highest BCUT2D eigenvalue weighted by molar-refractivity contribution is 5.48. The molecule has 7 nitrogen and oxygen atoms in total. The molecule has 3 heterocycles. The lowest BCUT2D eigenvalue weighted by atomic mass is 9.94. The largest absolute Gasteiger partial charge is 0.504 e. The van der Waals surface area contributed by atoms with Crippen LogP contribution < -0.4 is 10.3 Å². The fraction of sp³-hybridized carbons (Fsp3) is 0.318. The van der Waals surface area contributed by atoms with Gasteiger partial charge in [-0.15, -0.1) is 0 Å². The maximum atomic E-state index is 12.2. The standard InChI is InChI=1S/C22H24N4O3/c1-29-19-9-4-6-16(21(19)28)14-26-11-5-7-15(13-26)18-12-20(27)25-22(24-18)17-8-2-3-10-23-17/h2-4,6,8-10,12,15,28H,5,7,11,13-14H2,1H3,(H,24,25,27). The third kappa shape index (κ3) is 4.30. The average Bonchev–Trinajstić information content (AvgIpc) is 2.76. The van der Waals surface area contributed by atoms with Gasteiger partial charge in [0.1, 0.15) is 5.69 Å². The number of pyridine rings is 1. The van der Waals surface area contributed by atoms with Crippen LogP contribution in [0.4, 0.5) is 0 Å². The van der Waals surface area contributed by atoms with E-state index in [4.69, 9.17) is 9.72 Å². The van der Waals surface area contributed by atoms with Crippen LogP contribution in [-0.4, -0.2) is 45.2 Å². The minimum atomic E-state index is -0.168. The number of para-hydroxylation sites is 1. The van der Waals surface area contributed by atoms with Crippen molar-refractivity contribution in [2.24, 2.45) is 0 Å². The van der Waals surface area contributed by atoms with Gasteiger partial charge in [-0.2, -0.15) is 0 Å². The number of benzene rings is 1. The van der Waals surface area contributed by atoms with Crippen LogP contribution in [0.25, 0.3) is 11.5 Å². The molecule has 4 rings (SSSR count). The highest BCUT2D eigenvalue weighted by Crippen LogP contribution is 2.32. The summed E-state index contributed by atoms with van der Waals surface area (Å²) in [5, 5.41) is 10.4. The van der Waals surface area contributed by atoms with Crippen LogP contribution in [0.15, 0.2) is 53.5 Å². The summed E-state index contributed by atoms with van der Waals surface area (Å²) in [7, 11) is 1.55. The number of aromatic nitrogens is 3. The minimum Gasteiger partial charge on any atom is -0.504 e. The highest BCUT2D eigenvalue weighted by atomic mass is 16.5. The fourth-order valence-electron chi connectivity index (χ4n) is 3.85. The lowest BCUT2D eigenvalue weighted by molar-refractivity contribution is 0.196. The molecule has 1 saturated heterocycles. The van der Waals surface area contributed by atoms with Crippen molar-refractivity contribution >= 4 is 0 Å². The molecular formula is C22H24N4O3. The van der Waals surface area contributed by atoms with E-state index in [1.165, 1.54) is 0 Å². The maximum Gasteiger partial charge on any atom is 0.251 e. The number of aromatic amines is 1. The van der Waals surface area contributed by atoms with Crippen LogP contribution in [0.5, 0.6) is 11.5 Å². The molecule has 150 valence electrons. The number of piperidine rings is 1. The van der Waals surface area contributed by atoms with Crippen LogP contribution in [0.1, 0.15) is 30.0 Å². The van der Waals surface area contributed by atoms with Crippen molar-refractivity contribution in [3.8, 4) is 23.0 Å². The molecule has 0 bridgehead atoms. The Labute approximate surface area is 169 Å². The summed E-state index contributed by atoms with van der Waals surface area (Å²) in [4.78, 5) is 26.3. The molecule has 1 aromatic carbocycles. The van der Waals surface area contributed by atoms with Gasteiger partial charge in [0.2, 0.25) is 0 Å². The summed E-state index contributed by atoms with van der Waals surface area (Å²) >= 11 is 0. The number of H-pyrrole nitrogens is 1. The Morgan fingerprint density at radius 2 is 2.17 bits per heavy atom. The lowest BCUT2D eigenvalue weighted by Crippen LogP contribution is -2.34. The Morgan fingerprint density at radius 1 is 1.28 bits per heavy atom. The van der Waals surface area contributed by atoms with Gasteiger partial charge < -0.3 is 14.8 Å². The molecule has 2 aromatic heterocycles. The Balaban J connectivity index is 1.55. The fourth-order valence-corrected chi connectivity index (χ4v) is 3.85.